The molecular formula is C19H22F2N2O3S. The van der Waals surface area contributed by atoms with Gasteiger partial charge in [0, 0.05) is 6.07 Å². The van der Waals surface area contributed by atoms with Crippen LogP contribution >= 0.6 is 0 Å². The normalized spacial score (nSPS) is 12.5. The lowest BCUT2D eigenvalue weighted by atomic mass is 10.00. The zero-order valence-corrected chi connectivity index (χ0v) is 16.4. The third-order valence-electron chi connectivity index (χ3n) is 4.16. The Morgan fingerprint density at radius 3 is 2.37 bits per heavy atom. The van der Waals surface area contributed by atoms with Gasteiger partial charge in [0.05, 0.1) is 18.0 Å². The Morgan fingerprint density at radius 1 is 1.11 bits per heavy atom. The molecule has 1 unspecified atom stereocenters. The van der Waals surface area contributed by atoms with E-state index in [0.29, 0.717) is 0 Å². The molecule has 27 heavy (non-hydrogen) atoms. The van der Waals surface area contributed by atoms with Crippen LogP contribution in [0.25, 0.3) is 0 Å². The van der Waals surface area contributed by atoms with Gasteiger partial charge in [-0.05, 0) is 44.0 Å². The zero-order valence-electron chi connectivity index (χ0n) is 15.6. The topological polar surface area (TPSA) is 66.5 Å². The smallest absolute Gasteiger partial charge is 0.241 e. The van der Waals surface area contributed by atoms with Gasteiger partial charge in [-0.25, -0.2) is 17.2 Å². The second kappa shape index (κ2) is 8.04. The van der Waals surface area contributed by atoms with Crippen molar-refractivity contribution in [3.8, 4) is 0 Å². The molecule has 0 heterocycles. The van der Waals surface area contributed by atoms with Gasteiger partial charge in [0.2, 0.25) is 15.9 Å². The predicted octanol–water partition coefficient (Wildman–Crippen LogP) is 3.23. The maximum absolute atomic E-state index is 13.5. The Balaban J connectivity index is 2.21. The van der Waals surface area contributed by atoms with E-state index >= 15 is 0 Å². The van der Waals surface area contributed by atoms with E-state index in [4.69, 9.17) is 0 Å². The highest BCUT2D eigenvalue weighted by molar-refractivity contribution is 7.92. The molecular weight excluding hydrogens is 374 g/mol. The Bertz CT molecular complexity index is 961. The monoisotopic (exact) mass is 396 g/mol. The number of amides is 1. The van der Waals surface area contributed by atoms with Gasteiger partial charge in [0.15, 0.2) is 11.6 Å². The number of halogens is 2. The summed E-state index contributed by atoms with van der Waals surface area (Å²) < 4.78 is 51.4. The molecule has 0 aromatic heterocycles. The highest BCUT2D eigenvalue weighted by Crippen LogP contribution is 2.22. The van der Waals surface area contributed by atoms with Crippen LogP contribution < -0.4 is 9.62 Å². The summed E-state index contributed by atoms with van der Waals surface area (Å²) in [6.07, 6.45) is 0.898. The van der Waals surface area contributed by atoms with Gasteiger partial charge < -0.3 is 5.32 Å². The number of aryl methyl sites for hydroxylation is 2. The molecule has 0 saturated carbocycles. The van der Waals surface area contributed by atoms with Crippen LogP contribution in [0.5, 0.6) is 0 Å². The van der Waals surface area contributed by atoms with Crippen LogP contribution in [0.1, 0.15) is 29.7 Å². The fourth-order valence-electron chi connectivity index (χ4n) is 2.76. The van der Waals surface area contributed by atoms with Gasteiger partial charge in [-0.1, -0.05) is 23.8 Å². The Hall–Kier alpha value is -2.48. The third kappa shape index (κ3) is 5.26. The molecule has 0 aliphatic heterocycles. The van der Waals surface area contributed by atoms with Gasteiger partial charge in [0.1, 0.15) is 6.54 Å². The maximum Gasteiger partial charge on any atom is 0.241 e. The minimum absolute atomic E-state index is 0.120. The first kappa shape index (κ1) is 20.8. The second-order valence-corrected chi connectivity index (χ2v) is 8.42. The molecule has 0 aliphatic carbocycles. The molecule has 0 spiro atoms. The van der Waals surface area contributed by atoms with Gasteiger partial charge >= 0.3 is 0 Å². The van der Waals surface area contributed by atoms with Crippen molar-refractivity contribution in [2.45, 2.75) is 26.8 Å². The van der Waals surface area contributed by atoms with Crippen molar-refractivity contribution in [3.63, 3.8) is 0 Å². The number of carbonyl (C=O) groups is 1. The molecule has 146 valence electrons. The van der Waals surface area contributed by atoms with Crippen molar-refractivity contribution in [2.24, 2.45) is 0 Å². The number of anilines is 1. The molecule has 0 bridgehead atoms. The van der Waals surface area contributed by atoms with Crippen LogP contribution in [0, 0.1) is 25.5 Å². The Kier molecular flexibility index (Phi) is 6.20. The first-order valence-corrected chi connectivity index (χ1v) is 10.1. The number of hydrogen-bond acceptors (Lipinski definition) is 3. The first-order valence-electron chi connectivity index (χ1n) is 8.28. The molecule has 2 aromatic rings. The maximum atomic E-state index is 13.5. The number of rotatable bonds is 6. The number of nitrogens with one attached hydrogen (secondary N) is 1. The third-order valence-corrected chi connectivity index (χ3v) is 5.30. The number of sulfonamides is 1. The molecule has 0 fully saturated rings. The number of carbonyl (C=O) groups excluding carboxylic acids is 1. The summed E-state index contributed by atoms with van der Waals surface area (Å²) in [6, 6.07) is 8.19. The highest BCUT2D eigenvalue weighted by atomic mass is 32.2. The number of nitrogens with zero attached hydrogens (tertiary/aromatic N) is 1. The summed E-state index contributed by atoms with van der Waals surface area (Å²) in [7, 11) is -3.87. The van der Waals surface area contributed by atoms with Gasteiger partial charge in [-0.3, -0.25) is 9.10 Å². The lowest BCUT2D eigenvalue weighted by molar-refractivity contribution is -0.120. The number of benzene rings is 2. The van der Waals surface area contributed by atoms with Crippen molar-refractivity contribution in [3.05, 3.63) is 64.7 Å². The first-order chi connectivity index (χ1) is 12.5. The molecule has 0 saturated heterocycles. The zero-order chi connectivity index (χ0) is 20.4. The van der Waals surface area contributed by atoms with E-state index in [-0.39, 0.29) is 11.7 Å². The Morgan fingerprint density at radius 2 is 1.78 bits per heavy atom. The van der Waals surface area contributed by atoms with E-state index in [1.807, 2.05) is 32.0 Å². The van der Waals surface area contributed by atoms with Crippen molar-refractivity contribution >= 4 is 21.6 Å². The van der Waals surface area contributed by atoms with Gasteiger partial charge in [-0.2, -0.15) is 0 Å². The molecule has 1 amide bonds. The largest absolute Gasteiger partial charge is 0.348 e. The summed E-state index contributed by atoms with van der Waals surface area (Å²) >= 11 is 0. The lowest BCUT2D eigenvalue weighted by Crippen LogP contribution is -2.41. The summed E-state index contributed by atoms with van der Waals surface area (Å²) in [5.74, 6) is -2.84. The van der Waals surface area contributed by atoms with Crippen LogP contribution in [0.15, 0.2) is 36.4 Å². The van der Waals surface area contributed by atoms with Crippen LogP contribution in [-0.2, 0) is 14.8 Å². The molecule has 2 rings (SSSR count). The minimum atomic E-state index is -3.87. The standard InChI is InChI=1S/C19H22F2N2O3S/c1-12-5-6-13(2)16(9-12)14(3)22-19(24)11-23(27(4,25)26)15-7-8-17(20)18(21)10-15/h5-10,14H,11H2,1-4H3,(H,22,24). The van der Waals surface area contributed by atoms with Crippen molar-refractivity contribution in [2.75, 3.05) is 17.1 Å². The Labute approximate surface area is 158 Å². The average molecular weight is 396 g/mol. The minimum Gasteiger partial charge on any atom is -0.348 e. The molecule has 5 nitrogen and oxygen atoms in total. The molecule has 1 atom stereocenters. The predicted molar refractivity (Wildman–Crippen MR) is 101 cm³/mol. The summed E-state index contributed by atoms with van der Waals surface area (Å²) in [6.45, 7) is 5.11. The van der Waals surface area contributed by atoms with Crippen LogP contribution in [0.2, 0.25) is 0 Å². The SMILES string of the molecule is Cc1ccc(C)c(C(C)NC(=O)CN(c2ccc(F)c(F)c2)S(C)(=O)=O)c1. The number of hydrogen-bond donors (Lipinski definition) is 1. The van der Waals surface area contributed by atoms with E-state index < -0.39 is 34.1 Å². The molecule has 1 N–H and O–H groups in total. The van der Waals surface area contributed by atoms with Gasteiger partial charge in [0.25, 0.3) is 0 Å². The average Bonchev–Trinajstić information content (AvgIpc) is 2.56. The summed E-state index contributed by atoms with van der Waals surface area (Å²) in [5.41, 5.74) is 2.83. The van der Waals surface area contributed by atoms with Crippen molar-refractivity contribution in [1.82, 2.24) is 5.32 Å². The highest BCUT2D eigenvalue weighted by Gasteiger charge is 2.23. The van der Waals surface area contributed by atoms with Crippen LogP contribution in [0.4, 0.5) is 14.5 Å². The van der Waals surface area contributed by atoms with E-state index in [2.05, 4.69) is 5.32 Å². The summed E-state index contributed by atoms with van der Waals surface area (Å²) in [4.78, 5) is 12.4. The second-order valence-electron chi connectivity index (χ2n) is 6.52. The lowest BCUT2D eigenvalue weighted by Gasteiger charge is -2.24. The van der Waals surface area contributed by atoms with Gasteiger partial charge in [-0.15, -0.1) is 0 Å². The molecule has 0 aliphatic rings. The molecule has 0 radical (unpaired) electrons. The van der Waals surface area contributed by atoms with E-state index in [0.717, 1.165) is 45.5 Å². The van der Waals surface area contributed by atoms with E-state index in [1.54, 1.807) is 6.92 Å². The molecule has 2 aromatic carbocycles. The summed E-state index contributed by atoms with van der Waals surface area (Å²) in [5, 5.41) is 2.75. The molecule has 8 heteroatoms. The van der Waals surface area contributed by atoms with Crippen molar-refractivity contribution < 1.29 is 22.0 Å². The fourth-order valence-corrected chi connectivity index (χ4v) is 3.61. The van der Waals surface area contributed by atoms with Crippen molar-refractivity contribution in [1.29, 1.82) is 0 Å². The van der Waals surface area contributed by atoms with E-state index in [9.17, 15) is 22.0 Å². The quantitative estimate of drug-likeness (QED) is 0.815. The van der Waals surface area contributed by atoms with E-state index in [1.165, 1.54) is 0 Å². The van der Waals surface area contributed by atoms with Crippen LogP contribution in [-0.4, -0.2) is 27.1 Å². The fraction of sp³-hybridized carbons (Fsp3) is 0.316. The van der Waals surface area contributed by atoms with Crippen LogP contribution in [0.3, 0.4) is 0 Å².